The summed E-state index contributed by atoms with van der Waals surface area (Å²) in [6.07, 6.45) is 3.47. The number of imidazole rings is 1. The van der Waals surface area contributed by atoms with Crippen molar-refractivity contribution in [2.75, 3.05) is 7.05 Å². The molecule has 2 rings (SSSR count). The molecule has 1 aromatic heterocycles. The van der Waals surface area contributed by atoms with Crippen molar-refractivity contribution in [2.24, 2.45) is 0 Å². The first kappa shape index (κ1) is 13.6. The van der Waals surface area contributed by atoms with E-state index in [2.05, 4.69) is 27.9 Å². The predicted molar refractivity (Wildman–Crippen MR) is 77.0 cm³/mol. The Morgan fingerprint density at radius 3 is 2.89 bits per heavy atom. The lowest BCUT2D eigenvalue weighted by Gasteiger charge is -2.08. The molecule has 2 aromatic rings. The number of benzene rings is 1. The molecule has 102 valence electrons. The van der Waals surface area contributed by atoms with Gasteiger partial charge in [0, 0.05) is 26.4 Å². The van der Waals surface area contributed by atoms with Gasteiger partial charge in [-0.3, -0.25) is 4.79 Å². The Bertz CT molecular complexity index is 560. The van der Waals surface area contributed by atoms with Crippen molar-refractivity contribution in [3.05, 3.63) is 30.1 Å². The molecule has 19 heavy (non-hydrogen) atoms. The zero-order valence-electron chi connectivity index (χ0n) is 11.6. The third-order valence-electron chi connectivity index (χ3n) is 3.27. The molecule has 4 nitrogen and oxygen atoms in total. The van der Waals surface area contributed by atoms with Crippen LogP contribution in [0.1, 0.15) is 32.0 Å². The lowest BCUT2D eigenvalue weighted by Crippen LogP contribution is -2.18. The topological polar surface area (TPSA) is 46.9 Å². The maximum absolute atomic E-state index is 11.3. The number of hydrogen-bond donors (Lipinski definition) is 1. The molecule has 0 aliphatic rings. The fourth-order valence-electron chi connectivity index (χ4n) is 2.31. The Morgan fingerprint density at radius 2 is 2.16 bits per heavy atom. The second-order valence-electron chi connectivity index (χ2n) is 4.70. The highest BCUT2D eigenvalue weighted by Crippen LogP contribution is 2.18. The molecule has 1 heterocycles. The minimum atomic E-state index is 0.0986. The summed E-state index contributed by atoms with van der Waals surface area (Å²) in [6, 6.07) is 8.19. The van der Waals surface area contributed by atoms with Gasteiger partial charge >= 0.3 is 0 Å². The van der Waals surface area contributed by atoms with Gasteiger partial charge in [0.1, 0.15) is 5.82 Å². The number of fused-ring (bicyclic) bond motifs is 1. The van der Waals surface area contributed by atoms with Gasteiger partial charge in [0.25, 0.3) is 0 Å². The van der Waals surface area contributed by atoms with Crippen LogP contribution in [0.15, 0.2) is 24.3 Å². The molecule has 0 radical (unpaired) electrons. The maximum Gasteiger partial charge on any atom is 0.219 e. The third kappa shape index (κ3) is 3.13. The van der Waals surface area contributed by atoms with Crippen molar-refractivity contribution >= 4 is 16.9 Å². The van der Waals surface area contributed by atoms with E-state index in [1.807, 2.05) is 18.2 Å². The molecule has 0 bridgehead atoms. The molecule has 0 saturated heterocycles. The molecule has 0 saturated carbocycles. The largest absolute Gasteiger partial charge is 0.359 e. The number of nitrogens with one attached hydrogen (secondary N) is 1. The van der Waals surface area contributed by atoms with Crippen molar-refractivity contribution in [3.8, 4) is 0 Å². The average Bonchev–Trinajstić information content (AvgIpc) is 2.77. The molecule has 1 N–H and O–H groups in total. The number of aromatic nitrogens is 2. The van der Waals surface area contributed by atoms with Crippen LogP contribution in [0.4, 0.5) is 0 Å². The Labute approximate surface area is 113 Å². The lowest BCUT2D eigenvalue weighted by atomic mass is 10.2. The van der Waals surface area contributed by atoms with E-state index in [1.54, 1.807) is 7.05 Å². The quantitative estimate of drug-likeness (QED) is 0.866. The second-order valence-corrected chi connectivity index (χ2v) is 4.70. The Kier molecular flexibility index (Phi) is 4.55. The third-order valence-corrected chi connectivity index (χ3v) is 3.27. The van der Waals surface area contributed by atoms with Crippen LogP contribution >= 0.6 is 0 Å². The molecular formula is C15H21N3O. The van der Waals surface area contributed by atoms with E-state index in [9.17, 15) is 4.79 Å². The van der Waals surface area contributed by atoms with E-state index < -0.39 is 0 Å². The average molecular weight is 259 g/mol. The highest BCUT2D eigenvalue weighted by atomic mass is 16.1. The smallest absolute Gasteiger partial charge is 0.219 e. The van der Waals surface area contributed by atoms with Crippen LogP contribution in [0, 0.1) is 0 Å². The van der Waals surface area contributed by atoms with Crippen molar-refractivity contribution in [1.82, 2.24) is 14.9 Å². The fraction of sp³-hybridized carbons (Fsp3) is 0.467. The van der Waals surface area contributed by atoms with E-state index in [0.717, 1.165) is 37.1 Å². The van der Waals surface area contributed by atoms with Gasteiger partial charge in [-0.2, -0.15) is 0 Å². The number of hydrogen-bond acceptors (Lipinski definition) is 2. The number of carbonyl (C=O) groups is 1. The summed E-state index contributed by atoms with van der Waals surface area (Å²) < 4.78 is 2.25. The number of aryl methyl sites for hydroxylation is 2. The van der Waals surface area contributed by atoms with Gasteiger partial charge in [-0.1, -0.05) is 19.1 Å². The van der Waals surface area contributed by atoms with Crippen molar-refractivity contribution < 1.29 is 4.79 Å². The second kappa shape index (κ2) is 6.36. The number of para-hydroxylation sites is 2. The standard InChI is InChI=1S/C15H21N3O/c1-3-7-14-17-12-8-4-5-9-13(12)18(14)11-6-10-15(19)16-2/h4-5,8-9H,3,6-7,10-11H2,1-2H3,(H,16,19). The number of amides is 1. The summed E-state index contributed by atoms with van der Waals surface area (Å²) in [5.41, 5.74) is 2.22. The van der Waals surface area contributed by atoms with Gasteiger partial charge in [-0.25, -0.2) is 4.98 Å². The molecule has 0 aliphatic carbocycles. The van der Waals surface area contributed by atoms with E-state index >= 15 is 0 Å². The molecule has 0 aliphatic heterocycles. The molecule has 0 fully saturated rings. The summed E-state index contributed by atoms with van der Waals surface area (Å²) in [5, 5.41) is 2.66. The van der Waals surface area contributed by atoms with Gasteiger partial charge in [-0.05, 0) is 25.0 Å². The van der Waals surface area contributed by atoms with Gasteiger partial charge in [0.05, 0.1) is 11.0 Å². The summed E-state index contributed by atoms with van der Waals surface area (Å²) in [6.45, 7) is 3.01. The van der Waals surface area contributed by atoms with Crippen molar-refractivity contribution in [3.63, 3.8) is 0 Å². The summed E-state index contributed by atoms with van der Waals surface area (Å²) in [4.78, 5) is 16.0. The minimum Gasteiger partial charge on any atom is -0.359 e. The summed E-state index contributed by atoms with van der Waals surface area (Å²) in [7, 11) is 1.68. The van der Waals surface area contributed by atoms with E-state index in [0.29, 0.717) is 6.42 Å². The Balaban J connectivity index is 2.18. The molecule has 0 atom stereocenters. The fourth-order valence-corrected chi connectivity index (χ4v) is 2.31. The zero-order chi connectivity index (χ0) is 13.7. The van der Waals surface area contributed by atoms with Gasteiger partial charge in [0.15, 0.2) is 0 Å². The Hall–Kier alpha value is -1.84. The van der Waals surface area contributed by atoms with Gasteiger partial charge < -0.3 is 9.88 Å². The first-order valence-corrected chi connectivity index (χ1v) is 6.91. The first-order valence-electron chi connectivity index (χ1n) is 6.91. The van der Waals surface area contributed by atoms with Crippen LogP contribution in [0.3, 0.4) is 0 Å². The number of carbonyl (C=O) groups excluding carboxylic acids is 1. The van der Waals surface area contributed by atoms with Crippen LogP contribution in [-0.4, -0.2) is 22.5 Å². The van der Waals surface area contributed by atoms with E-state index in [-0.39, 0.29) is 5.91 Å². The van der Waals surface area contributed by atoms with Crippen LogP contribution < -0.4 is 5.32 Å². The number of rotatable bonds is 6. The Morgan fingerprint density at radius 1 is 1.37 bits per heavy atom. The zero-order valence-corrected chi connectivity index (χ0v) is 11.6. The normalized spacial score (nSPS) is 10.8. The van der Waals surface area contributed by atoms with Gasteiger partial charge in [-0.15, -0.1) is 0 Å². The van der Waals surface area contributed by atoms with Crippen LogP contribution in [-0.2, 0) is 17.8 Å². The molecule has 1 amide bonds. The molecule has 0 unspecified atom stereocenters. The highest BCUT2D eigenvalue weighted by molar-refractivity contribution is 5.76. The maximum atomic E-state index is 11.3. The molecule has 1 aromatic carbocycles. The SMILES string of the molecule is CCCc1nc2ccccc2n1CCCC(=O)NC. The lowest BCUT2D eigenvalue weighted by molar-refractivity contribution is -0.120. The molecular weight excluding hydrogens is 238 g/mol. The van der Waals surface area contributed by atoms with E-state index in [4.69, 9.17) is 0 Å². The number of nitrogens with zero attached hydrogens (tertiary/aromatic N) is 2. The van der Waals surface area contributed by atoms with Crippen molar-refractivity contribution in [1.29, 1.82) is 0 Å². The predicted octanol–water partition coefficient (Wildman–Crippen LogP) is 2.52. The summed E-state index contributed by atoms with van der Waals surface area (Å²) in [5.74, 6) is 1.22. The minimum absolute atomic E-state index is 0.0986. The highest BCUT2D eigenvalue weighted by Gasteiger charge is 2.09. The van der Waals surface area contributed by atoms with Crippen LogP contribution in [0.2, 0.25) is 0 Å². The molecule has 4 heteroatoms. The first-order chi connectivity index (χ1) is 9.26. The van der Waals surface area contributed by atoms with Crippen LogP contribution in [0.5, 0.6) is 0 Å². The van der Waals surface area contributed by atoms with E-state index in [1.165, 1.54) is 5.52 Å². The van der Waals surface area contributed by atoms with Crippen LogP contribution in [0.25, 0.3) is 11.0 Å². The monoisotopic (exact) mass is 259 g/mol. The van der Waals surface area contributed by atoms with Crippen molar-refractivity contribution in [2.45, 2.75) is 39.2 Å². The molecule has 0 spiro atoms. The van der Waals surface area contributed by atoms with Gasteiger partial charge in [0.2, 0.25) is 5.91 Å². The summed E-state index contributed by atoms with van der Waals surface area (Å²) >= 11 is 0.